The van der Waals surface area contributed by atoms with Crippen LogP contribution in [0, 0.1) is 12.8 Å². The molecule has 2 heterocycles. The van der Waals surface area contributed by atoms with Gasteiger partial charge in [-0.3, -0.25) is 4.57 Å². The van der Waals surface area contributed by atoms with Crippen molar-refractivity contribution in [3.8, 4) is 5.69 Å². The fraction of sp³-hybridized carbons (Fsp3) is 0.364. The van der Waals surface area contributed by atoms with Gasteiger partial charge < -0.3 is 14.8 Å². The zero-order valence-electron chi connectivity index (χ0n) is 16.6. The van der Waals surface area contributed by atoms with Crippen molar-refractivity contribution in [1.29, 1.82) is 0 Å². The van der Waals surface area contributed by atoms with Crippen molar-refractivity contribution in [2.45, 2.75) is 19.8 Å². The number of rotatable bonds is 5. The number of fused-ring (bicyclic) bond motifs is 1. The molecular weight excluding hydrogens is 434 g/mol. The van der Waals surface area contributed by atoms with Crippen LogP contribution in [0.25, 0.3) is 16.7 Å². The molecule has 6 nitrogen and oxygen atoms in total. The van der Waals surface area contributed by atoms with E-state index in [4.69, 9.17) is 9.47 Å². The van der Waals surface area contributed by atoms with Gasteiger partial charge in [0.2, 0.25) is 0 Å². The fourth-order valence-electron chi connectivity index (χ4n) is 3.76. The molecule has 0 atom stereocenters. The molecule has 1 aliphatic rings. The van der Waals surface area contributed by atoms with Crippen molar-refractivity contribution in [2.75, 3.05) is 32.2 Å². The summed E-state index contributed by atoms with van der Waals surface area (Å²) < 4.78 is 13.3. The molecule has 1 N–H and O–H groups in total. The number of imidazole rings is 1. The summed E-state index contributed by atoms with van der Waals surface area (Å²) in [7, 11) is 1.39. The number of hydrogen-bond acceptors (Lipinski definition) is 5. The average Bonchev–Trinajstić information content (AvgIpc) is 3.16. The Morgan fingerprint density at radius 3 is 2.83 bits per heavy atom. The van der Waals surface area contributed by atoms with Gasteiger partial charge in [0.15, 0.2) is 0 Å². The Labute approximate surface area is 178 Å². The maximum absolute atomic E-state index is 11.9. The summed E-state index contributed by atoms with van der Waals surface area (Å²) >= 11 is 3.63. The number of carbonyl (C=O) groups is 1. The highest BCUT2D eigenvalue weighted by Gasteiger charge is 2.16. The van der Waals surface area contributed by atoms with Crippen LogP contribution in [0.15, 0.2) is 41.1 Å². The molecular formula is C22H24BrN3O3. The maximum Gasteiger partial charge on any atom is 0.338 e. The minimum atomic E-state index is -0.327. The Balaban J connectivity index is 1.65. The van der Waals surface area contributed by atoms with Crippen molar-refractivity contribution in [3.05, 3.63) is 52.3 Å². The highest BCUT2D eigenvalue weighted by molar-refractivity contribution is 9.10. The molecule has 3 aromatic rings. The topological polar surface area (TPSA) is 65.4 Å². The van der Waals surface area contributed by atoms with E-state index in [1.54, 1.807) is 6.07 Å². The van der Waals surface area contributed by atoms with Gasteiger partial charge in [-0.1, -0.05) is 15.9 Å². The van der Waals surface area contributed by atoms with Crippen LogP contribution in [0.5, 0.6) is 0 Å². The minimum absolute atomic E-state index is 0.327. The van der Waals surface area contributed by atoms with E-state index in [0.29, 0.717) is 11.5 Å². The van der Waals surface area contributed by atoms with Gasteiger partial charge in [-0.25, -0.2) is 9.78 Å². The summed E-state index contributed by atoms with van der Waals surface area (Å²) in [6.45, 7) is 4.51. The predicted octanol–water partition coefficient (Wildman–Crippen LogP) is 4.72. The normalized spacial score (nSPS) is 14.9. The van der Waals surface area contributed by atoms with Crippen LogP contribution in [-0.2, 0) is 9.47 Å². The van der Waals surface area contributed by atoms with Gasteiger partial charge in [-0.2, -0.15) is 0 Å². The van der Waals surface area contributed by atoms with E-state index in [2.05, 4.69) is 38.4 Å². The Morgan fingerprint density at radius 1 is 1.31 bits per heavy atom. The highest BCUT2D eigenvalue weighted by Crippen LogP contribution is 2.30. The van der Waals surface area contributed by atoms with Gasteiger partial charge in [-0.15, -0.1) is 0 Å². The minimum Gasteiger partial charge on any atom is -0.465 e. The van der Waals surface area contributed by atoms with Crippen molar-refractivity contribution >= 4 is 38.6 Å². The van der Waals surface area contributed by atoms with E-state index in [9.17, 15) is 4.79 Å². The molecule has 0 aliphatic carbocycles. The molecule has 152 valence electrons. The van der Waals surface area contributed by atoms with E-state index in [1.807, 2.05) is 30.0 Å². The SMILES string of the molecule is COC(=O)c1ccc(-n2cnc3c(NCC4CCOCC4)cc(Br)cc32)cc1C. The number of methoxy groups -OCH3 is 1. The molecule has 2 aromatic carbocycles. The third-order valence-corrected chi connectivity index (χ3v) is 5.89. The molecule has 1 saturated heterocycles. The lowest BCUT2D eigenvalue weighted by Crippen LogP contribution is -2.22. The molecule has 1 fully saturated rings. The number of benzene rings is 2. The number of aryl methyl sites for hydroxylation is 1. The first-order chi connectivity index (χ1) is 14.1. The smallest absolute Gasteiger partial charge is 0.338 e. The second-order valence-electron chi connectivity index (χ2n) is 7.36. The zero-order valence-corrected chi connectivity index (χ0v) is 18.2. The first kappa shape index (κ1) is 19.9. The quantitative estimate of drug-likeness (QED) is 0.561. The van der Waals surface area contributed by atoms with Gasteiger partial charge in [0, 0.05) is 29.9 Å². The van der Waals surface area contributed by atoms with Crippen LogP contribution in [0.4, 0.5) is 5.69 Å². The van der Waals surface area contributed by atoms with Crippen LogP contribution in [0.2, 0.25) is 0 Å². The highest BCUT2D eigenvalue weighted by atomic mass is 79.9. The summed E-state index contributed by atoms with van der Waals surface area (Å²) in [5.74, 6) is 0.292. The monoisotopic (exact) mass is 457 g/mol. The Kier molecular flexibility index (Phi) is 5.87. The van der Waals surface area contributed by atoms with E-state index in [1.165, 1.54) is 7.11 Å². The molecule has 1 aliphatic heterocycles. The molecule has 4 rings (SSSR count). The van der Waals surface area contributed by atoms with Gasteiger partial charge in [0.25, 0.3) is 0 Å². The summed E-state index contributed by atoms with van der Waals surface area (Å²) in [5, 5.41) is 3.58. The third-order valence-electron chi connectivity index (χ3n) is 5.43. The Morgan fingerprint density at radius 2 is 2.10 bits per heavy atom. The van der Waals surface area contributed by atoms with Crippen LogP contribution in [0.3, 0.4) is 0 Å². The molecule has 0 radical (unpaired) electrons. The van der Waals surface area contributed by atoms with Crippen molar-refractivity contribution < 1.29 is 14.3 Å². The molecule has 0 saturated carbocycles. The summed E-state index contributed by atoms with van der Waals surface area (Å²) in [5.41, 5.74) is 5.33. The molecule has 1 aromatic heterocycles. The number of carbonyl (C=O) groups excluding carboxylic acids is 1. The molecule has 29 heavy (non-hydrogen) atoms. The lowest BCUT2D eigenvalue weighted by atomic mass is 10.0. The first-order valence-electron chi connectivity index (χ1n) is 9.74. The van der Waals surface area contributed by atoms with Gasteiger partial charge >= 0.3 is 5.97 Å². The molecule has 0 unspecified atom stereocenters. The number of halogens is 1. The molecule has 7 heteroatoms. The van der Waals surface area contributed by atoms with Gasteiger partial charge in [-0.05, 0) is 61.6 Å². The van der Waals surface area contributed by atoms with Gasteiger partial charge in [0.05, 0.1) is 23.9 Å². The lowest BCUT2D eigenvalue weighted by molar-refractivity contribution is 0.0600. The number of ether oxygens (including phenoxy) is 2. The van der Waals surface area contributed by atoms with Crippen LogP contribution < -0.4 is 5.32 Å². The van der Waals surface area contributed by atoms with Crippen LogP contribution >= 0.6 is 15.9 Å². The Hall–Kier alpha value is -2.38. The van der Waals surface area contributed by atoms with Crippen LogP contribution in [-0.4, -0.2) is 42.4 Å². The number of nitrogens with zero attached hydrogens (tertiary/aromatic N) is 2. The maximum atomic E-state index is 11.9. The second kappa shape index (κ2) is 8.55. The van der Waals surface area contributed by atoms with E-state index < -0.39 is 0 Å². The van der Waals surface area contributed by atoms with Crippen molar-refractivity contribution in [1.82, 2.24) is 9.55 Å². The largest absolute Gasteiger partial charge is 0.465 e. The number of aromatic nitrogens is 2. The number of esters is 1. The predicted molar refractivity (Wildman–Crippen MR) is 117 cm³/mol. The summed E-state index contributed by atoms with van der Waals surface area (Å²) in [4.78, 5) is 16.5. The number of nitrogens with one attached hydrogen (secondary N) is 1. The zero-order chi connectivity index (χ0) is 20.4. The average molecular weight is 458 g/mol. The van der Waals surface area contributed by atoms with E-state index >= 15 is 0 Å². The van der Waals surface area contributed by atoms with E-state index in [-0.39, 0.29) is 5.97 Å². The van der Waals surface area contributed by atoms with Crippen LogP contribution in [0.1, 0.15) is 28.8 Å². The third kappa shape index (κ3) is 4.16. The summed E-state index contributed by atoms with van der Waals surface area (Å²) in [6.07, 6.45) is 4.00. The van der Waals surface area contributed by atoms with Crippen molar-refractivity contribution in [2.24, 2.45) is 5.92 Å². The lowest BCUT2D eigenvalue weighted by Gasteiger charge is -2.22. The Bertz CT molecular complexity index is 1040. The first-order valence-corrected chi connectivity index (χ1v) is 10.5. The molecule has 0 amide bonds. The van der Waals surface area contributed by atoms with Gasteiger partial charge in [0.1, 0.15) is 11.8 Å². The molecule has 0 bridgehead atoms. The number of hydrogen-bond donors (Lipinski definition) is 1. The standard InChI is InChI=1S/C22H24BrN3O3/c1-14-9-17(3-4-18(14)22(27)28-2)26-13-25-21-19(10-16(23)11-20(21)26)24-12-15-5-7-29-8-6-15/h3-4,9-11,13,15,24H,5-8,12H2,1-2H3. The van der Waals surface area contributed by atoms with Crippen molar-refractivity contribution in [3.63, 3.8) is 0 Å². The second-order valence-corrected chi connectivity index (χ2v) is 8.28. The fourth-order valence-corrected chi connectivity index (χ4v) is 4.21. The van der Waals surface area contributed by atoms with E-state index in [0.717, 1.165) is 65.0 Å². The summed E-state index contributed by atoms with van der Waals surface area (Å²) in [6, 6.07) is 9.82. The molecule has 0 spiro atoms. The number of anilines is 1.